The number of carbonyl (C=O) groups is 1. The molecule has 1 N–H and O–H groups in total. The molecule has 1 atom stereocenters. The molecule has 0 aliphatic heterocycles. The molecule has 0 aromatic carbocycles. The average Bonchev–Trinajstić information content (AvgIpc) is 2.35. The van der Waals surface area contributed by atoms with Crippen LogP contribution in [0.25, 0.3) is 0 Å². The van der Waals surface area contributed by atoms with Crippen LogP contribution in [0.3, 0.4) is 0 Å². The van der Waals surface area contributed by atoms with Crippen LogP contribution in [0.1, 0.15) is 13.8 Å². The zero-order valence-corrected chi connectivity index (χ0v) is 6.79. The Balaban J connectivity index is 2.28. The number of amides is 1. The van der Waals surface area contributed by atoms with E-state index in [0.29, 0.717) is 0 Å². The van der Waals surface area contributed by atoms with Gasteiger partial charge in [-0.25, -0.2) is 0 Å². The predicted molar refractivity (Wildman–Crippen MR) is 43.7 cm³/mol. The number of nitrogens with one attached hydrogen (secondary N) is 1. The van der Waals surface area contributed by atoms with Gasteiger partial charge in [0.1, 0.15) is 0 Å². The van der Waals surface area contributed by atoms with Gasteiger partial charge >= 0.3 is 0 Å². The minimum Gasteiger partial charge on any atom is -0.353 e. The van der Waals surface area contributed by atoms with E-state index in [9.17, 15) is 4.79 Å². The maximum Gasteiger partial charge on any atom is 0.217 e. The van der Waals surface area contributed by atoms with Gasteiger partial charge in [0.25, 0.3) is 0 Å². The van der Waals surface area contributed by atoms with Gasteiger partial charge in [-0.15, -0.1) is 0 Å². The van der Waals surface area contributed by atoms with E-state index in [0.717, 1.165) is 5.92 Å². The summed E-state index contributed by atoms with van der Waals surface area (Å²) < 4.78 is 0. The molecule has 11 heavy (non-hydrogen) atoms. The summed E-state index contributed by atoms with van der Waals surface area (Å²) in [6.45, 7) is 3.50. The molecule has 5 radical (unpaired) electrons. The molecular formula is C9H12NO. The SMILES string of the molecule is CC(=O)N[C@H](C)[C]1[CH][CH][CH][CH]1. The second-order valence-corrected chi connectivity index (χ2v) is 2.64. The van der Waals surface area contributed by atoms with Crippen LogP contribution in [-0.2, 0) is 4.79 Å². The monoisotopic (exact) mass is 150 g/mol. The van der Waals surface area contributed by atoms with E-state index in [1.165, 1.54) is 6.92 Å². The minimum atomic E-state index is 0.0127. The van der Waals surface area contributed by atoms with Crippen molar-refractivity contribution in [3.8, 4) is 0 Å². The van der Waals surface area contributed by atoms with Gasteiger partial charge in [-0.1, -0.05) is 0 Å². The average molecular weight is 150 g/mol. The lowest BCUT2D eigenvalue weighted by atomic mass is 10.00. The van der Waals surface area contributed by atoms with Crippen molar-refractivity contribution in [2.75, 3.05) is 0 Å². The Hall–Kier alpha value is -0.530. The van der Waals surface area contributed by atoms with Crippen molar-refractivity contribution in [3.05, 3.63) is 31.6 Å². The van der Waals surface area contributed by atoms with Gasteiger partial charge in [0.15, 0.2) is 0 Å². The van der Waals surface area contributed by atoms with Crippen LogP contribution in [0.15, 0.2) is 0 Å². The third kappa shape index (κ3) is 2.52. The van der Waals surface area contributed by atoms with Crippen molar-refractivity contribution < 1.29 is 4.79 Å². The number of hydrogen-bond donors (Lipinski definition) is 1. The first-order chi connectivity index (χ1) is 5.20. The lowest BCUT2D eigenvalue weighted by molar-refractivity contribution is -0.119. The molecule has 1 aliphatic carbocycles. The first kappa shape index (κ1) is 8.57. The summed E-state index contributed by atoms with van der Waals surface area (Å²) in [6.07, 6.45) is 7.93. The summed E-state index contributed by atoms with van der Waals surface area (Å²) in [5, 5.41) is 2.81. The van der Waals surface area contributed by atoms with Crippen LogP contribution in [0, 0.1) is 31.6 Å². The standard InChI is InChI=1S/C9H12NO/c1-7(10-8(2)11)9-5-3-4-6-9/h3-7H,1-2H3,(H,10,11)/t7-/m1/s1. The molecule has 0 aromatic rings. The Bertz CT molecular complexity index is 138. The molecule has 1 amide bonds. The second kappa shape index (κ2) is 3.74. The van der Waals surface area contributed by atoms with Gasteiger partial charge in [-0.2, -0.15) is 0 Å². The maximum absolute atomic E-state index is 10.6. The Morgan fingerprint density at radius 1 is 1.45 bits per heavy atom. The lowest BCUT2D eigenvalue weighted by Crippen LogP contribution is -2.34. The van der Waals surface area contributed by atoms with Crippen LogP contribution in [-0.4, -0.2) is 11.9 Å². The van der Waals surface area contributed by atoms with E-state index >= 15 is 0 Å². The van der Waals surface area contributed by atoms with Crippen LogP contribution in [0.2, 0.25) is 0 Å². The van der Waals surface area contributed by atoms with Gasteiger partial charge in [0, 0.05) is 18.9 Å². The van der Waals surface area contributed by atoms with Crippen LogP contribution >= 0.6 is 0 Å². The lowest BCUT2D eigenvalue weighted by Gasteiger charge is -2.17. The Kier molecular flexibility index (Phi) is 2.92. The predicted octanol–water partition coefficient (Wildman–Crippen LogP) is 0.916. The topological polar surface area (TPSA) is 29.1 Å². The Labute approximate surface area is 68.4 Å². The molecule has 2 heteroatoms. The molecule has 0 heterocycles. The zero-order chi connectivity index (χ0) is 8.27. The van der Waals surface area contributed by atoms with E-state index in [-0.39, 0.29) is 11.9 Å². The normalized spacial score (nSPS) is 21.6. The zero-order valence-electron chi connectivity index (χ0n) is 6.79. The van der Waals surface area contributed by atoms with Crippen LogP contribution in [0.4, 0.5) is 0 Å². The Morgan fingerprint density at radius 2 is 2.00 bits per heavy atom. The van der Waals surface area contributed by atoms with Gasteiger partial charge < -0.3 is 5.32 Å². The van der Waals surface area contributed by atoms with Crippen molar-refractivity contribution in [2.45, 2.75) is 19.9 Å². The number of rotatable bonds is 2. The third-order valence-corrected chi connectivity index (χ3v) is 1.61. The van der Waals surface area contributed by atoms with Crippen molar-refractivity contribution in [2.24, 2.45) is 0 Å². The summed E-state index contributed by atoms with van der Waals surface area (Å²) >= 11 is 0. The summed E-state index contributed by atoms with van der Waals surface area (Å²) in [5.41, 5.74) is 0. The molecule has 59 valence electrons. The first-order valence-electron chi connectivity index (χ1n) is 3.69. The van der Waals surface area contributed by atoms with Crippen molar-refractivity contribution in [1.82, 2.24) is 5.32 Å². The van der Waals surface area contributed by atoms with E-state index < -0.39 is 0 Å². The molecule has 0 spiro atoms. The summed E-state index contributed by atoms with van der Waals surface area (Å²) in [6, 6.07) is 0.127. The molecule has 1 rings (SSSR count). The van der Waals surface area contributed by atoms with Crippen molar-refractivity contribution in [3.63, 3.8) is 0 Å². The maximum atomic E-state index is 10.6. The highest BCUT2D eigenvalue weighted by Gasteiger charge is 2.23. The highest BCUT2D eigenvalue weighted by molar-refractivity contribution is 5.73. The van der Waals surface area contributed by atoms with E-state index in [4.69, 9.17) is 0 Å². The number of hydrogen-bond acceptors (Lipinski definition) is 1. The molecule has 0 bridgehead atoms. The molecule has 2 nitrogen and oxygen atoms in total. The largest absolute Gasteiger partial charge is 0.353 e. The summed E-state index contributed by atoms with van der Waals surface area (Å²) in [4.78, 5) is 10.6. The van der Waals surface area contributed by atoms with Crippen molar-refractivity contribution in [1.29, 1.82) is 0 Å². The highest BCUT2D eigenvalue weighted by atomic mass is 16.1. The third-order valence-electron chi connectivity index (χ3n) is 1.61. The fraction of sp³-hybridized carbons (Fsp3) is 0.333. The molecule has 1 aliphatic rings. The van der Waals surface area contributed by atoms with Gasteiger partial charge in [0.2, 0.25) is 5.91 Å². The molecule has 1 saturated carbocycles. The van der Waals surface area contributed by atoms with Crippen molar-refractivity contribution >= 4 is 5.91 Å². The highest BCUT2D eigenvalue weighted by Crippen LogP contribution is 2.25. The molecule has 0 saturated heterocycles. The van der Waals surface area contributed by atoms with E-state index in [1.54, 1.807) is 0 Å². The summed E-state index contributed by atoms with van der Waals surface area (Å²) in [5.74, 6) is 1.17. The molecule has 0 unspecified atom stereocenters. The van der Waals surface area contributed by atoms with Gasteiger partial charge in [0.05, 0.1) is 0 Å². The quantitative estimate of drug-likeness (QED) is 0.623. The van der Waals surface area contributed by atoms with Crippen LogP contribution < -0.4 is 5.32 Å². The Morgan fingerprint density at radius 3 is 2.45 bits per heavy atom. The second-order valence-electron chi connectivity index (χ2n) is 2.64. The van der Waals surface area contributed by atoms with Crippen LogP contribution in [0.5, 0.6) is 0 Å². The first-order valence-corrected chi connectivity index (χ1v) is 3.69. The minimum absolute atomic E-state index is 0.0127. The summed E-state index contributed by atoms with van der Waals surface area (Å²) in [7, 11) is 0. The van der Waals surface area contributed by atoms with E-state index in [1.807, 2.05) is 32.6 Å². The fourth-order valence-corrected chi connectivity index (χ4v) is 1.07. The molecular weight excluding hydrogens is 138 g/mol. The fourth-order valence-electron chi connectivity index (χ4n) is 1.07. The van der Waals surface area contributed by atoms with Gasteiger partial charge in [-0.05, 0) is 32.6 Å². The molecule has 1 fully saturated rings. The smallest absolute Gasteiger partial charge is 0.217 e. The van der Waals surface area contributed by atoms with E-state index in [2.05, 4.69) is 5.32 Å². The number of carbonyl (C=O) groups excluding carboxylic acids is 1. The molecule has 0 aromatic heterocycles. The van der Waals surface area contributed by atoms with Gasteiger partial charge in [-0.3, -0.25) is 4.79 Å².